The number of halogens is 1. The first-order chi connectivity index (χ1) is 12.5. The molecule has 6 heteroatoms. The molecule has 1 aromatic heterocycles. The number of rotatable bonds is 6. The zero-order valence-corrected chi connectivity index (χ0v) is 15.5. The predicted molar refractivity (Wildman–Crippen MR) is 101 cm³/mol. The zero-order chi connectivity index (χ0) is 18.5. The molecule has 0 spiro atoms. The van der Waals surface area contributed by atoms with Gasteiger partial charge in [0.15, 0.2) is 0 Å². The van der Waals surface area contributed by atoms with Crippen molar-refractivity contribution in [2.24, 2.45) is 7.05 Å². The molecule has 5 nitrogen and oxygen atoms in total. The zero-order valence-electron chi connectivity index (χ0n) is 14.7. The summed E-state index contributed by atoms with van der Waals surface area (Å²) in [6, 6.07) is 16.6. The fraction of sp³-hybridized carbons (Fsp3) is 0.200. The van der Waals surface area contributed by atoms with Crippen LogP contribution in [0.15, 0.2) is 54.6 Å². The van der Waals surface area contributed by atoms with Crippen LogP contribution < -0.4 is 10.1 Å². The summed E-state index contributed by atoms with van der Waals surface area (Å²) in [5.74, 6) is 0.584. The van der Waals surface area contributed by atoms with Crippen molar-refractivity contribution in [2.45, 2.75) is 20.1 Å². The van der Waals surface area contributed by atoms with Gasteiger partial charge < -0.3 is 10.1 Å². The maximum Gasteiger partial charge on any atom is 0.251 e. The van der Waals surface area contributed by atoms with Gasteiger partial charge in [-0.15, -0.1) is 0 Å². The number of nitrogens with zero attached hydrogens (tertiary/aromatic N) is 2. The third-order valence-electron chi connectivity index (χ3n) is 4.01. The van der Waals surface area contributed by atoms with Gasteiger partial charge in [0, 0.05) is 23.3 Å². The first-order valence-corrected chi connectivity index (χ1v) is 8.64. The van der Waals surface area contributed by atoms with Crippen molar-refractivity contribution in [2.75, 3.05) is 0 Å². The molecular formula is C20H20ClN3O2. The quantitative estimate of drug-likeness (QED) is 0.717. The average molecular weight is 370 g/mol. The van der Waals surface area contributed by atoms with Crippen LogP contribution in [-0.2, 0) is 20.2 Å². The van der Waals surface area contributed by atoms with Crippen molar-refractivity contribution in [3.05, 3.63) is 82.1 Å². The smallest absolute Gasteiger partial charge is 0.251 e. The molecule has 3 rings (SSSR count). The van der Waals surface area contributed by atoms with Gasteiger partial charge in [0.2, 0.25) is 0 Å². The number of carbonyl (C=O) groups excluding carboxylic acids is 1. The summed E-state index contributed by atoms with van der Waals surface area (Å²) in [7, 11) is 1.88. The Morgan fingerprint density at radius 2 is 1.96 bits per heavy atom. The van der Waals surface area contributed by atoms with E-state index < -0.39 is 0 Å². The molecule has 1 N–H and O–H groups in total. The largest absolute Gasteiger partial charge is 0.489 e. The highest BCUT2D eigenvalue weighted by atomic mass is 35.5. The summed E-state index contributed by atoms with van der Waals surface area (Å²) >= 11 is 5.94. The lowest BCUT2D eigenvalue weighted by Crippen LogP contribution is -2.23. The average Bonchev–Trinajstić information content (AvgIpc) is 2.96. The van der Waals surface area contributed by atoms with E-state index in [1.807, 2.05) is 44.3 Å². The van der Waals surface area contributed by atoms with Crippen LogP contribution in [0, 0.1) is 6.92 Å². The number of ether oxygens (including phenoxy) is 1. The molecule has 0 saturated heterocycles. The Bertz CT molecular complexity index is 884. The van der Waals surface area contributed by atoms with Crippen LogP contribution in [0.5, 0.6) is 5.75 Å². The Kier molecular flexibility index (Phi) is 5.58. The molecule has 0 atom stereocenters. The predicted octanol–water partition coefficient (Wildman–Crippen LogP) is 3.89. The number of hydrogen-bond acceptors (Lipinski definition) is 3. The van der Waals surface area contributed by atoms with Gasteiger partial charge in [-0.3, -0.25) is 9.48 Å². The van der Waals surface area contributed by atoms with Gasteiger partial charge in [0.25, 0.3) is 5.91 Å². The monoisotopic (exact) mass is 369 g/mol. The number of nitrogens with one attached hydrogen (secondary N) is 1. The van der Waals surface area contributed by atoms with Crippen LogP contribution >= 0.6 is 11.6 Å². The topological polar surface area (TPSA) is 56.1 Å². The summed E-state index contributed by atoms with van der Waals surface area (Å²) in [6.45, 7) is 2.79. The minimum Gasteiger partial charge on any atom is -0.489 e. The SMILES string of the molecule is Cc1cc(CNC(=O)c2ccc(COc3cccc(Cl)c3)cc2)nn1C. The third-order valence-corrected chi connectivity index (χ3v) is 4.25. The lowest BCUT2D eigenvalue weighted by molar-refractivity contribution is 0.0950. The maximum atomic E-state index is 12.2. The van der Waals surface area contributed by atoms with Crippen LogP contribution in [0.1, 0.15) is 27.3 Å². The second kappa shape index (κ2) is 8.06. The van der Waals surface area contributed by atoms with E-state index in [0.29, 0.717) is 29.5 Å². The number of aryl methyl sites for hydroxylation is 2. The number of amides is 1. The Labute approximate surface area is 157 Å². The standard InChI is InChI=1S/C20H20ClN3O2/c1-14-10-18(23-24(14)2)12-22-20(25)16-8-6-15(7-9-16)13-26-19-5-3-4-17(21)11-19/h3-11H,12-13H2,1-2H3,(H,22,25). The molecule has 0 aliphatic rings. The van der Waals surface area contributed by atoms with E-state index in [-0.39, 0.29) is 5.91 Å². The van der Waals surface area contributed by atoms with E-state index in [0.717, 1.165) is 17.0 Å². The lowest BCUT2D eigenvalue weighted by atomic mass is 10.1. The number of benzene rings is 2. The van der Waals surface area contributed by atoms with Gasteiger partial charge in [0.1, 0.15) is 12.4 Å². The van der Waals surface area contributed by atoms with Crippen LogP contribution in [0.3, 0.4) is 0 Å². The van der Waals surface area contributed by atoms with Crippen molar-refractivity contribution in [3.8, 4) is 5.75 Å². The molecule has 134 valence electrons. The minimum atomic E-state index is -0.129. The van der Waals surface area contributed by atoms with Crippen molar-refractivity contribution in [1.29, 1.82) is 0 Å². The van der Waals surface area contributed by atoms with E-state index in [4.69, 9.17) is 16.3 Å². The molecule has 3 aromatic rings. The van der Waals surface area contributed by atoms with Crippen molar-refractivity contribution < 1.29 is 9.53 Å². The number of hydrogen-bond donors (Lipinski definition) is 1. The molecule has 0 unspecified atom stereocenters. The van der Waals surface area contributed by atoms with Crippen molar-refractivity contribution in [1.82, 2.24) is 15.1 Å². The van der Waals surface area contributed by atoms with Crippen molar-refractivity contribution in [3.63, 3.8) is 0 Å². The van der Waals surface area contributed by atoms with Crippen LogP contribution in [0.2, 0.25) is 5.02 Å². The Balaban J connectivity index is 1.53. The summed E-state index contributed by atoms with van der Waals surface area (Å²) in [5, 5.41) is 7.84. The summed E-state index contributed by atoms with van der Waals surface area (Å²) in [4.78, 5) is 12.2. The number of carbonyl (C=O) groups is 1. The molecule has 0 bridgehead atoms. The fourth-order valence-electron chi connectivity index (χ4n) is 2.47. The normalized spacial score (nSPS) is 10.6. The third kappa shape index (κ3) is 4.64. The maximum absolute atomic E-state index is 12.2. The van der Waals surface area contributed by atoms with Gasteiger partial charge in [-0.25, -0.2) is 0 Å². The number of aromatic nitrogens is 2. The highest BCUT2D eigenvalue weighted by Gasteiger charge is 2.07. The molecule has 0 aliphatic carbocycles. The second-order valence-electron chi connectivity index (χ2n) is 6.03. The molecular weight excluding hydrogens is 350 g/mol. The summed E-state index contributed by atoms with van der Waals surface area (Å²) in [6.07, 6.45) is 0. The first-order valence-electron chi connectivity index (χ1n) is 8.26. The van der Waals surface area contributed by atoms with E-state index in [9.17, 15) is 4.79 Å². The van der Waals surface area contributed by atoms with Gasteiger partial charge in [-0.05, 0) is 48.9 Å². The Morgan fingerprint density at radius 3 is 2.62 bits per heavy atom. The highest BCUT2D eigenvalue weighted by Crippen LogP contribution is 2.18. The van der Waals surface area contributed by atoms with E-state index >= 15 is 0 Å². The molecule has 2 aromatic carbocycles. The van der Waals surface area contributed by atoms with Crippen LogP contribution in [0.4, 0.5) is 0 Å². The molecule has 26 heavy (non-hydrogen) atoms. The Morgan fingerprint density at radius 1 is 1.19 bits per heavy atom. The van der Waals surface area contributed by atoms with Gasteiger partial charge in [-0.1, -0.05) is 29.8 Å². The minimum absolute atomic E-state index is 0.129. The summed E-state index contributed by atoms with van der Waals surface area (Å²) in [5.41, 5.74) is 3.47. The molecule has 1 amide bonds. The first kappa shape index (κ1) is 18.0. The second-order valence-corrected chi connectivity index (χ2v) is 6.46. The van der Waals surface area contributed by atoms with E-state index in [2.05, 4.69) is 10.4 Å². The fourth-order valence-corrected chi connectivity index (χ4v) is 2.65. The van der Waals surface area contributed by atoms with Gasteiger partial charge in [-0.2, -0.15) is 5.10 Å². The van der Waals surface area contributed by atoms with Gasteiger partial charge >= 0.3 is 0 Å². The van der Waals surface area contributed by atoms with E-state index in [1.165, 1.54) is 0 Å². The summed E-state index contributed by atoms with van der Waals surface area (Å²) < 4.78 is 7.48. The van der Waals surface area contributed by atoms with Gasteiger partial charge in [0.05, 0.1) is 12.2 Å². The molecule has 0 fully saturated rings. The molecule has 0 radical (unpaired) electrons. The molecule has 1 heterocycles. The molecule has 0 saturated carbocycles. The van der Waals surface area contributed by atoms with E-state index in [1.54, 1.807) is 28.9 Å². The molecule has 0 aliphatic heterocycles. The highest BCUT2D eigenvalue weighted by molar-refractivity contribution is 6.30. The van der Waals surface area contributed by atoms with Crippen LogP contribution in [0.25, 0.3) is 0 Å². The van der Waals surface area contributed by atoms with Crippen LogP contribution in [-0.4, -0.2) is 15.7 Å². The van der Waals surface area contributed by atoms with Crippen molar-refractivity contribution >= 4 is 17.5 Å². The Hall–Kier alpha value is -2.79. The lowest BCUT2D eigenvalue weighted by Gasteiger charge is -2.08.